The van der Waals surface area contributed by atoms with Crippen LogP contribution in [0.5, 0.6) is 11.5 Å². The molecule has 3 rings (SSSR count). The van der Waals surface area contributed by atoms with Crippen LogP contribution in [-0.2, 0) is 22.6 Å². The zero-order valence-electron chi connectivity index (χ0n) is 17.0. The number of rotatable bonds is 8. The number of para-hydroxylation sites is 1. The van der Waals surface area contributed by atoms with E-state index in [1.807, 2.05) is 29.2 Å². The number of amides is 2. The van der Waals surface area contributed by atoms with Crippen molar-refractivity contribution in [3.8, 4) is 11.5 Å². The average Bonchev–Trinajstić information content (AvgIpc) is 3.29. The van der Waals surface area contributed by atoms with Crippen molar-refractivity contribution in [2.45, 2.75) is 32.2 Å². The molecule has 0 aliphatic carbocycles. The van der Waals surface area contributed by atoms with Crippen LogP contribution in [0.2, 0.25) is 0 Å². The maximum absolute atomic E-state index is 12.6. The van der Waals surface area contributed by atoms with E-state index >= 15 is 0 Å². The molecule has 0 bridgehead atoms. The number of aryl methyl sites for hydroxylation is 1. The third kappa shape index (κ3) is 5.31. The standard InChI is InChI=1S/C22H28N2O5/c1-27-19-7-3-5-16(21(19)28-2)8-9-20(25)24-12-10-17(11-13-24)22(26)23-15-18-6-4-14-29-18/h3-7,14,17H,8-13,15H2,1-2H3,(H,23,26). The summed E-state index contributed by atoms with van der Waals surface area (Å²) in [6.07, 6.45) is 3.94. The first-order chi connectivity index (χ1) is 14.1. The zero-order chi connectivity index (χ0) is 20.6. The first-order valence-electron chi connectivity index (χ1n) is 9.90. The Labute approximate surface area is 171 Å². The first-order valence-corrected chi connectivity index (χ1v) is 9.90. The predicted octanol–water partition coefficient (Wildman–Crippen LogP) is 2.78. The lowest BCUT2D eigenvalue weighted by Crippen LogP contribution is -2.43. The van der Waals surface area contributed by atoms with Crippen LogP contribution < -0.4 is 14.8 Å². The molecule has 7 nitrogen and oxygen atoms in total. The third-order valence-corrected chi connectivity index (χ3v) is 5.33. The maximum Gasteiger partial charge on any atom is 0.223 e. The van der Waals surface area contributed by atoms with E-state index in [9.17, 15) is 9.59 Å². The molecule has 0 unspecified atom stereocenters. The lowest BCUT2D eigenvalue weighted by Gasteiger charge is -2.31. The number of hydrogen-bond acceptors (Lipinski definition) is 5. The van der Waals surface area contributed by atoms with Gasteiger partial charge in [0.05, 0.1) is 27.0 Å². The van der Waals surface area contributed by atoms with E-state index in [2.05, 4.69) is 5.32 Å². The summed E-state index contributed by atoms with van der Waals surface area (Å²) in [5, 5.41) is 2.91. The van der Waals surface area contributed by atoms with Gasteiger partial charge in [-0.15, -0.1) is 0 Å². The number of furan rings is 1. The second kappa shape index (κ2) is 10.0. The molecule has 1 aliphatic rings. The number of benzene rings is 1. The SMILES string of the molecule is COc1cccc(CCC(=O)N2CCC(C(=O)NCc3ccco3)CC2)c1OC. The number of piperidine rings is 1. The Morgan fingerprint density at radius 2 is 1.93 bits per heavy atom. The summed E-state index contributed by atoms with van der Waals surface area (Å²) in [5.74, 6) is 2.14. The fourth-order valence-electron chi connectivity index (χ4n) is 3.67. The molecule has 1 N–H and O–H groups in total. The summed E-state index contributed by atoms with van der Waals surface area (Å²) < 4.78 is 16.0. The molecule has 1 fully saturated rings. The number of nitrogens with one attached hydrogen (secondary N) is 1. The lowest BCUT2D eigenvalue weighted by atomic mass is 9.95. The number of methoxy groups -OCH3 is 2. The average molecular weight is 400 g/mol. The van der Waals surface area contributed by atoms with Crippen LogP contribution in [0.15, 0.2) is 41.0 Å². The molecule has 29 heavy (non-hydrogen) atoms. The van der Waals surface area contributed by atoms with Crippen LogP contribution in [0.4, 0.5) is 0 Å². The van der Waals surface area contributed by atoms with Gasteiger partial charge in [0.2, 0.25) is 11.8 Å². The van der Waals surface area contributed by atoms with Gasteiger partial charge in [0, 0.05) is 25.4 Å². The van der Waals surface area contributed by atoms with Crippen molar-refractivity contribution in [3.05, 3.63) is 47.9 Å². The van der Waals surface area contributed by atoms with Gasteiger partial charge in [0.15, 0.2) is 11.5 Å². The summed E-state index contributed by atoms with van der Waals surface area (Å²) in [7, 11) is 3.20. The minimum atomic E-state index is -0.0625. The summed E-state index contributed by atoms with van der Waals surface area (Å²) in [6.45, 7) is 1.60. The normalized spacial score (nSPS) is 14.5. The van der Waals surface area contributed by atoms with Crippen molar-refractivity contribution in [2.75, 3.05) is 27.3 Å². The highest BCUT2D eigenvalue weighted by molar-refractivity contribution is 5.80. The van der Waals surface area contributed by atoms with Crippen LogP contribution in [-0.4, -0.2) is 44.0 Å². The number of hydrogen-bond donors (Lipinski definition) is 1. The molecule has 2 amide bonds. The lowest BCUT2D eigenvalue weighted by molar-refractivity contribution is -0.135. The Kier molecular flexibility index (Phi) is 7.16. The highest BCUT2D eigenvalue weighted by Crippen LogP contribution is 2.31. The molecule has 2 aromatic rings. The van der Waals surface area contributed by atoms with E-state index in [4.69, 9.17) is 13.9 Å². The summed E-state index contributed by atoms with van der Waals surface area (Å²) in [5.41, 5.74) is 0.951. The molecular formula is C22H28N2O5. The van der Waals surface area contributed by atoms with Crippen molar-refractivity contribution in [1.82, 2.24) is 10.2 Å². The van der Waals surface area contributed by atoms with Crippen LogP contribution in [0, 0.1) is 5.92 Å². The van der Waals surface area contributed by atoms with Gasteiger partial charge < -0.3 is 24.1 Å². The molecule has 1 saturated heterocycles. The van der Waals surface area contributed by atoms with Crippen molar-refractivity contribution >= 4 is 11.8 Å². The highest BCUT2D eigenvalue weighted by atomic mass is 16.5. The van der Waals surface area contributed by atoms with Gasteiger partial charge >= 0.3 is 0 Å². The van der Waals surface area contributed by atoms with Crippen LogP contribution in [0.3, 0.4) is 0 Å². The number of carbonyl (C=O) groups excluding carboxylic acids is 2. The summed E-state index contributed by atoms with van der Waals surface area (Å²) in [4.78, 5) is 26.8. The van der Waals surface area contributed by atoms with Gasteiger partial charge in [0.1, 0.15) is 5.76 Å². The van der Waals surface area contributed by atoms with Gasteiger partial charge in [-0.05, 0) is 43.0 Å². The maximum atomic E-state index is 12.6. The van der Waals surface area contributed by atoms with E-state index in [1.54, 1.807) is 26.5 Å². The molecule has 0 spiro atoms. The van der Waals surface area contributed by atoms with Crippen molar-refractivity contribution in [2.24, 2.45) is 5.92 Å². The van der Waals surface area contributed by atoms with E-state index in [0.29, 0.717) is 56.8 Å². The minimum Gasteiger partial charge on any atom is -0.493 e. The molecule has 1 aromatic heterocycles. The Balaban J connectivity index is 1.45. The Morgan fingerprint density at radius 3 is 2.59 bits per heavy atom. The van der Waals surface area contributed by atoms with Gasteiger partial charge in [-0.2, -0.15) is 0 Å². The molecule has 1 aliphatic heterocycles. The third-order valence-electron chi connectivity index (χ3n) is 5.33. The Morgan fingerprint density at radius 1 is 1.14 bits per heavy atom. The number of nitrogens with zero attached hydrogens (tertiary/aromatic N) is 1. The molecule has 0 atom stereocenters. The topological polar surface area (TPSA) is 81.0 Å². The molecule has 2 heterocycles. The van der Waals surface area contributed by atoms with Gasteiger partial charge in [0.25, 0.3) is 0 Å². The molecule has 156 valence electrons. The molecule has 7 heteroatoms. The second-order valence-electron chi connectivity index (χ2n) is 7.10. The molecule has 1 aromatic carbocycles. The van der Waals surface area contributed by atoms with Crippen molar-refractivity contribution < 1.29 is 23.5 Å². The first kappa shape index (κ1) is 20.8. The van der Waals surface area contributed by atoms with Crippen LogP contribution in [0.25, 0.3) is 0 Å². The van der Waals surface area contributed by atoms with Crippen LogP contribution in [0.1, 0.15) is 30.6 Å². The quantitative estimate of drug-likeness (QED) is 0.737. The molecule has 0 radical (unpaired) electrons. The van der Waals surface area contributed by atoms with E-state index in [0.717, 1.165) is 11.3 Å². The number of carbonyl (C=O) groups is 2. The Hall–Kier alpha value is -2.96. The van der Waals surface area contributed by atoms with Gasteiger partial charge in [-0.1, -0.05) is 12.1 Å². The zero-order valence-corrected chi connectivity index (χ0v) is 17.0. The second-order valence-corrected chi connectivity index (χ2v) is 7.10. The van der Waals surface area contributed by atoms with Gasteiger partial charge in [-0.25, -0.2) is 0 Å². The van der Waals surface area contributed by atoms with Gasteiger partial charge in [-0.3, -0.25) is 9.59 Å². The van der Waals surface area contributed by atoms with E-state index < -0.39 is 0 Å². The number of likely N-dealkylation sites (tertiary alicyclic amines) is 1. The Bertz CT molecular complexity index is 811. The molecule has 0 saturated carbocycles. The smallest absolute Gasteiger partial charge is 0.223 e. The molecular weight excluding hydrogens is 372 g/mol. The van der Waals surface area contributed by atoms with E-state index in [1.165, 1.54) is 0 Å². The largest absolute Gasteiger partial charge is 0.493 e. The summed E-state index contributed by atoms with van der Waals surface area (Å²) >= 11 is 0. The van der Waals surface area contributed by atoms with E-state index in [-0.39, 0.29) is 17.7 Å². The number of ether oxygens (including phenoxy) is 2. The predicted molar refractivity (Wildman–Crippen MR) is 108 cm³/mol. The van der Waals surface area contributed by atoms with Crippen molar-refractivity contribution in [1.29, 1.82) is 0 Å². The van der Waals surface area contributed by atoms with Crippen molar-refractivity contribution in [3.63, 3.8) is 0 Å². The van der Waals surface area contributed by atoms with Crippen LogP contribution >= 0.6 is 0 Å². The fourth-order valence-corrected chi connectivity index (χ4v) is 3.67. The highest BCUT2D eigenvalue weighted by Gasteiger charge is 2.27. The minimum absolute atomic E-state index is 0.0228. The monoisotopic (exact) mass is 400 g/mol. The summed E-state index contributed by atoms with van der Waals surface area (Å²) in [6, 6.07) is 9.32. The fraction of sp³-hybridized carbons (Fsp3) is 0.455.